The second-order valence-electron chi connectivity index (χ2n) is 7.41. The van der Waals surface area contributed by atoms with Crippen LogP contribution in [0, 0.1) is 13.8 Å². The molecule has 2 heterocycles. The summed E-state index contributed by atoms with van der Waals surface area (Å²) >= 11 is 0. The van der Waals surface area contributed by atoms with Gasteiger partial charge in [-0.3, -0.25) is 4.79 Å². The summed E-state index contributed by atoms with van der Waals surface area (Å²) in [7, 11) is 0. The summed E-state index contributed by atoms with van der Waals surface area (Å²) in [6.45, 7) is 4.91. The van der Waals surface area contributed by atoms with Crippen LogP contribution in [0.4, 0.5) is 11.4 Å². The number of benzene rings is 2. The molecule has 1 aromatic heterocycles. The van der Waals surface area contributed by atoms with Gasteiger partial charge >= 0.3 is 0 Å². The van der Waals surface area contributed by atoms with Crippen molar-refractivity contribution in [2.45, 2.75) is 39.7 Å². The third-order valence-corrected chi connectivity index (χ3v) is 5.43. The predicted octanol–water partition coefficient (Wildman–Crippen LogP) is 4.40. The summed E-state index contributed by atoms with van der Waals surface area (Å²) in [6, 6.07) is 13.4. The molecule has 0 atom stereocenters. The van der Waals surface area contributed by atoms with Crippen LogP contribution in [-0.2, 0) is 24.2 Å². The average Bonchev–Trinajstić information content (AvgIpc) is 3.05. The Morgan fingerprint density at radius 3 is 2.67 bits per heavy atom. The molecule has 0 saturated heterocycles. The summed E-state index contributed by atoms with van der Waals surface area (Å²) in [5.41, 5.74) is 11.6. The Kier molecular flexibility index (Phi) is 6.67. The SMILES string of the molecule is Cc1noc(C)c1COc1ccc(CC(=O)N2CCCc3c(N)cccc32)cc1.Cl. The number of aromatic nitrogens is 1. The molecule has 0 unspecified atom stereocenters. The molecular formula is C23H26ClN3O3. The number of nitrogens with zero attached hydrogens (tertiary/aromatic N) is 2. The van der Waals surface area contributed by atoms with Gasteiger partial charge in [-0.25, -0.2) is 0 Å². The number of nitrogen functional groups attached to an aromatic ring is 1. The molecule has 0 fully saturated rings. The summed E-state index contributed by atoms with van der Waals surface area (Å²) < 4.78 is 11.0. The smallest absolute Gasteiger partial charge is 0.231 e. The summed E-state index contributed by atoms with van der Waals surface area (Å²) in [5, 5.41) is 3.94. The van der Waals surface area contributed by atoms with Crippen LogP contribution < -0.4 is 15.4 Å². The zero-order valence-corrected chi connectivity index (χ0v) is 18.0. The van der Waals surface area contributed by atoms with Crippen molar-refractivity contribution in [3.05, 3.63) is 70.6 Å². The number of anilines is 2. The first-order valence-corrected chi connectivity index (χ1v) is 9.84. The lowest BCUT2D eigenvalue weighted by Gasteiger charge is -2.30. The highest BCUT2D eigenvalue weighted by Crippen LogP contribution is 2.31. The average molecular weight is 428 g/mol. The van der Waals surface area contributed by atoms with Crippen LogP contribution in [0.5, 0.6) is 5.75 Å². The fraction of sp³-hybridized carbons (Fsp3) is 0.304. The Hall–Kier alpha value is -2.99. The van der Waals surface area contributed by atoms with Gasteiger partial charge in [-0.05, 0) is 62.1 Å². The fourth-order valence-corrected chi connectivity index (χ4v) is 3.75. The van der Waals surface area contributed by atoms with Crippen LogP contribution in [0.15, 0.2) is 47.0 Å². The highest BCUT2D eigenvalue weighted by molar-refractivity contribution is 5.96. The molecule has 7 heteroatoms. The van der Waals surface area contributed by atoms with Gasteiger partial charge in [0.05, 0.1) is 17.7 Å². The van der Waals surface area contributed by atoms with E-state index >= 15 is 0 Å². The van der Waals surface area contributed by atoms with Crippen LogP contribution in [0.25, 0.3) is 0 Å². The molecule has 0 saturated carbocycles. The van der Waals surface area contributed by atoms with Gasteiger partial charge in [0.15, 0.2) is 0 Å². The zero-order chi connectivity index (χ0) is 20.4. The van der Waals surface area contributed by atoms with E-state index < -0.39 is 0 Å². The molecule has 0 radical (unpaired) electrons. The zero-order valence-electron chi connectivity index (χ0n) is 17.2. The van der Waals surface area contributed by atoms with Crippen LogP contribution >= 0.6 is 12.4 Å². The van der Waals surface area contributed by atoms with E-state index in [-0.39, 0.29) is 18.3 Å². The van der Waals surface area contributed by atoms with E-state index in [0.29, 0.717) is 13.0 Å². The molecule has 3 aromatic rings. The first-order valence-electron chi connectivity index (χ1n) is 9.84. The van der Waals surface area contributed by atoms with E-state index in [2.05, 4.69) is 5.16 Å². The highest BCUT2D eigenvalue weighted by Gasteiger charge is 2.23. The van der Waals surface area contributed by atoms with Gasteiger partial charge < -0.3 is 19.9 Å². The molecule has 1 amide bonds. The number of hydrogen-bond acceptors (Lipinski definition) is 5. The van der Waals surface area contributed by atoms with Gasteiger partial charge in [0.25, 0.3) is 0 Å². The third kappa shape index (κ3) is 4.44. The predicted molar refractivity (Wildman–Crippen MR) is 119 cm³/mol. The monoisotopic (exact) mass is 427 g/mol. The minimum atomic E-state index is 0. The van der Waals surface area contributed by atoms with E-state index in [9.17, 15) is 4.79 Å². The van der Waals surface area contributed by atoms with Crippen molar-refractivity contribution < 1.29 is 14.1 Å². The Morgan fingerprint density at radius 2 is 1.97 bits per heavy atom. The number of ether oxygens (including phenoxy) is 1. The normalized spacial score (nSPS) is 12.8. The minimum absolute atomic E-state index is 0. The standard InChI is InChI=1S/C23H25N3O3.ClH/c1-15-20(16(2)29-25-15)14-28-18-10-8-17(9-11-18)13-23(27)26-12-4-5-19-21(24)6-3-7-22(19)26;/h3,6-11H,4-5,12-14,24H2,1-2H3;1H. The maximum absolute atomic E-state index is 12.9. The van der Waals surface area contributed by atoms with Gasteiger partial charge in [0, 0.05) is 17.9 Å². The Labute approximate surface area is 182 Å². The maximum Gasteiger partial charge on any atom is 0.231 e. The number of nitrogens with two attached hydrogens (primary N) is 1. The number of fused-ring (bicyclic) bond motifs is 1. The number of aryl methyl sites for hydroxylation is 2. The first kappa shape index (κ1) is 21.7. The van der Waals surface area contributed by atoms with Crippen molar-refractivity contribution in [2.75, 3.05) is 17.2 Å². The van der Waals surface area contributed by atoms with Crippen molar-refractivity contribution in [3.63, 3.8) is 0 Å². The second-order valence-corrected chi connectivity index (χ2v) is 7.41. The van der Waals surface area contributed by atoms with Crippen molar-refractivity contribution >= 4 is 29.7 Å². The van der Waals surface area contributed by atoms with Gasteiger partial charge in [-0.15, -0.1) is 12.4 Å². The van der Waals surface area contributed by atoms with Gasteiger partial charge in [0.2, 0.25) is 5.91 Å². The maximum atomic E-state index is 12.9. The molecule has 2 aromatic carbocycles. The Bertz CT molecular complexity index is 1010. The number of rotatable bonds is 5. The van der Waals surface area contributed by atoms with Crippen LogP contribution in [0.3, 0.4) is 0 Å². The molecule has 0 aliphatic carbocycles. The Morgan fingerprint density at radius 1 is 1.20 bits per heavy atom. The minimum Gasteiger partial charge on any atom is -0.489 e. The number of carbonyl (C=O) groups is 1. The molecule has 0 bridgehead atoms. The van der Waals surface area contributed by atoms with Crippen molar-refractivity contribution in [2.24, 2.45) is 0 Å². The van der Waals surface area contributed by atoms with Crippen LogP contribution in [0.2, 0.25) is 0 Å². The largest absolute Gasteiger partial charge is 0.489 e. The number of amides is 1. The van der Waals surface area contributed by atoms with E-state index in [0.717, 1.165) is 64.7 Å². The number of halogens is 1. The molecule has 4 rings (SSSR count). The summed E-state index contributed by atoms with van der Waals surface area (Å²) in [4.78, 5) is 14.8. The Balaban J connectivity index is 0.00000256. The van der Waals surface area contributed by atoms with Crippen molar-refractivity contribution in [1.29, 1.82) is 0 Å². The van der Waals surface area contributed by atoms with Crippen LogP contribution in [0.1, 0.15) is 34.6 Å². The summed E-state index contributed by atoms with van der Waals surface area (Å²) in [5.74, 6) is 1.60. The molecule has 1 aliphatic rings. The van der Waals surface area contributed by atoms with E-state index in [1.54, 1.807) is 0 Å². The fourth-order valence-electron chi connectivity index (χ4n) is 3.75. The second kappa shape index (κ2) is 9.22. The highest BCUT2D eigenvalue weighted by atomic mass is 35.5. The summed E-state index contributed by atoms with van der Waals surface area (Å²) in [6.07, 6.45) is 2.20. The molecule has 30 heavy (non-hydrogen) atoms. The lowest BCUT2D eigenvalue weighted by molar-refractivity contribution is -0.118. The number of carbonyl (C=O) groups excluding carboxylic acids is 1. The third-order valence-electron chi connectivity index (χ3n) is 5.43. The van der Waals surface area contributed by atoms with Crippen LogP contribution in [-0.4, -0.2) is 17.6 Å². The molecule has 2 N–H and O–H groups in total. The van der Waals surface area contributed by atoms with Crippen molar-refractivity contribution in [3.8, 4) is 5.75 Å². The van der Waals surface area contributed by atoms with Gasteiger partial charge in [-0.2, -0.15) is 0 Å². The quantitative estimate of drug-likeness (QED) is 0.610. The van der Waals surface area contributed by atoms with Crippen molar-refractivity contribution in [1.82, 2.24) is 5.16 Å². The lowest BCUT2D eigenvalue weighted by atomic mass is 9.99. The lowest BCUT2D eigenvalue weighted by Crippen LogP contribution is -2.36. The van der Waals surface area contributed by atoms with E-state index in [4.69, 9.17) is 15.0 Å². The molecule has 0 spiro atoms. The molecular weight excluding hydrogens is 402 g/mol. The van der Waals surface area contributed by atoms with E-state index in [1.807, 2.05) is 61.2 Å². The molecule has 158 valence electrons. The van der Waals surface area contributed by atoms with E-state index in [1.165, 1.54) is 0 Å². The van der Waals surface area contributed by atoms with Gasteiger partial charge in [-0.1, -0.05) is 23.4 Å². The molecule has 1 aliphatic heterocycles. The first-order chi connectivity index (χ1) is 14.0. The topological polar surface area (TPSA) is 81.6 Å². The number of hydrogen-bond donors (Lipinski definition) is 1. The van der Waals surface area contributed by atoms with Gasteiger partial charge in [0.1, 0.15) is 18.1 Å². The molecule has 6 nitrogen and oxygen atoms in total.